The van der Waals surface area contributed by atoms with Crippen LogP contribution in [-0.2, 0) is 13.0 Å². The van der Waals surface area contributed by atoms with Gasteiger partial charge >= 0.3 is 0 Å². The van der Waals surface area contributed by atoms with Gasteiger partial charge in [-0.2, -0.15) is 0 Å². The molecule has 2 aromatic carbocycles. The van der Waals surface area contributed by atoms with E-state index in [0.29, 0.717) is 24.8 Å². The number of guanidine groups is 1. The number of hydrogen-bond acceptors (Lipinski definition) is 3. The molecule has 0 radical (unpaired) electrons. The number of phenolic OH excluding ortho intramolecular Hbond substituents is 1. The summed E-state index contributed by atoms with van der Waals surface area (Å²) in [7, 11) is 1.53. The Morgan fingerprint density at radius 1 is 1.15 bits per heavy atom. The van der Waals surface area contributed by atoms with Gasteiger partial charge in [0.2, 0.25) is 0 Å². The van der Waals surface area contributed by atoms with Gasteiger partial charge in [0.15, 0.2) is 17.5 Å². The fourth-order valence-corrected chi connectivity index (χ4v) is 2.35. The minimum atomic E-state index is -0.257. The molecule has 0 aliphatic carbocycles. The Labute approximate surface area is 170 Å². The van der Waals surface area contributed by atoms with E-state index in [-0.39, 0.29) is 35.5 Å². The lowest BCUT2D eigenvalue weighted by Crippen LogP contribution is -2.38. The molecule has 2 rings (SSSR count). The summed E-state index contributed by atoms with van der Waals surface area (Å²) in [6.45, 7) is 3.80. The third-order valence-corrected chi connectivity index (χ3v) is 3.60. The van der Waals surface area contributed by atoms with Crippen LogP contribution in [0.15, 0.2) is 47.5 Å². The summed E-state index contributed by atoms with van der Waals surface area (Å²) in [4.78, 5) is 4.47. The maximum Gasteiger partial charge on any atom is 0.191 e. The van der Waals surface area contributed by atoms with Crippen LogP contribution in [0.3, 0.4) is 0 Å². The van der Waals surface area contributed by atoms with E-state index < -0.39 is 0 Å². The molecule has 3 N–H and O–H groups in total. The van der Waals surface area contributed by atoms with Crippen LogP contribution in [0.4, 0.5) is 4.39 Å². The lowest BCUT2D eigenvalue weighted by Gasteiger charge is -2.12. The van der Waals surface area contributed by atoms with Crippen molar-refractivity contribution in [3.8, 4) is 11.5 Å². The van der Waals surface area contributed by atoms with Gasteiger partial charge in [0.1, 0.15) is 5.82 Å². The number of nitrogens with zero attached hydrogens (tertiary/aromatic N) is 1. The standard InChI is InChI=1S/C19H24FN3O2.HI/c1-3-21-19(23-13-15-5-4-6-16(20)11-15)22-10-9-14-7-8-17(24)18(12-14)25-2;/h4-8,11-12,24H,3,9-10,13H2,1-2H3,(H2,21,22,23);1H. The normalized spacial score (nSPS) is 10.8. The average Bonchev–Trinajstić information content (AvgIpc) is 2.61. The van der Waals surface area contributed by atoms with Crippen LogP contribution in [0, 0.1) is 5.82 Å². The molecule has 0 aliphatic rings. The Kier molecular flexibility index (Phi) is 9.79. The Hall–Kier alpha value is -2.03. The van der Waals surface area contributed by atoms with Crippen LogP contribution >= 0.6 is 24.0 Å². The molecule has 0 bridgehead atoms. The maximum absolute atomic E-state index is 13.2. The zero-order valence-electron chi connectivity index (χ0n) is 15.0. The van der Waals surface area contributed by atoms with Crippen molar-refractivity contribution in [3.05, 3.63) is 59.4 Å². The first-order chi connectivity index (χ1) is 12.1. The smallest absolute Gasteiger partial charge is 0.191 e. The summed E-state index contributed by atoms with van der Waals surface area (Å²) in [6.07, 6.45) is 0.751. The second-order valence-corrected chi connectivity index (χ2v) is 5.51. The van der Waals surface area contributed by atoms with Crippen molar-refractivity contribution in [2.45, 2.75) is 19.9 Å². The molecule has 0 atom stereocenters. The Morgan fingerprint density at radius 2 is 1.96 bits per heavy atom. The lowest BCUT2D eigenvalue weighted by molar-refractivity contribution is 0.373. The third kappa shape index (κ3) is 7.07. The van der Waals surface area contributed by atoms with Gasteiger partial charge in [-0.25, -0.2) is 9.38 Å². The topological polar surface area (TPSA) is 65.9 Å². The fourth-order valence-electron chi connectivity index (χ4n) is 2.35. The molecule has 0 saturated heterocycles. The highest BCUT2D eigenvalue weighted by Gasteiger charge is 2.03. The first kappa shape index (κ1) is 22.0. The van der Waals surface area contributed by atoms with Crippen molar-refractivity contribution >= 4 is 29.9 Å². The maximum atomic E-state index is 13.2. The van der Waals surface area contributed by atoms with Crippen LogP contribution < -0.4 is 15.4 Å². The molecule has 0 unspecified atom stereocenters. The van der Waals surface area contributed by atoms with Crippen LogP contribution in [0.2, 0.25) is 0 Å². The first-order valence-electron chi connectivity index (χ1n) is 8.25. The number of benzene rings is 2. The predicted molar refractivity (Wildman–Crippen MR) is 113 cm³/mol. The van der Waals surface area contributed by atoms with Gasteiger partial charge in [-0.05, 0) is 48.7 Å². The molecule has 7 heteroatoms. The highest BCUT2D eigenvalue weighted by atomic mass is 127. The molecule has 0 fully saturated rings. The molecule has 142 valence electrons. The Balaban J connectivity index is 0.00000338. The van der Waals surface area contributed by atoms with Crippen LogP contribution in [-0.4, -0.2) is 31.3 Å². The van der Waals surface area contributed by atoms with Gasteiger partial charge in [-0.1, -0.05) is 18.2 Å². The molecule has 0 aliphatic heterocycles. The summed E-state index contributed by atoms with van der Waals surface area (Å²) >= 11 is 0. The molecular weight excluding hydrogens is 448 g/mol. The van der Waals surface area contributed by atoms with E-state index in [1.807, 2.05) is 25.1 Å². The summed E-state index contributed by atoms with van der Waals surface area (Å²) in [6, 6.07) is 11.7. The molecule has 0 heterocycles. The first-order valence-corrected chi connectivity index (χ1v) is 8.25. The zero-order valence-corrected chi connectivity index (χ0v) is 17.3. The Bertz CT molecular complexity index is 726. The summed E-state index contributed by atoms with van der Waals surface area (Å²) in [5, 5.41) is 16.0. The van der Waals surface area contributed by atoms with Crippen molar-refractivity contribution in [2.75, 3.05) is 20.2 Å². The number of nitrogens with one attached hydrogen (secondary N) is 2. The van der Waals surface area contributed by atoms with E-state index in [1.165, 1.54) is 19.2 Å². The number of methoxy groups -OCH3 is 1. The number of hydrogen-bond donors (Lipinski definition) is 3. The number of halogens is 2. The van der Waals surface area contributed by atoms with Crippen LogP contribution in [0.5, 0.6) is 11.5 Å². The minimum Gasteiger partial charge on any atom is -0.504 e. The lowest BCUT2D eigenvalue weighted by atomic mass is 10.1. The van der Waals surface area contributed by atoms with Crippen molar-refractivity contribution in [1.29, 1.82) is 0 Å². The molecule has 2 aromatic rings. The number of aromatic hydroxyl groups is 1. The second kappa shape index (κ2) is 11.6. The van der Waals surface area contributed by atoms with E-state index >= 15 is 0 Å². The van der Waals surface area contributed by atoms with E-state index in [1.54, 1.807) is 12.1 Å². The van der Waals surface area contributed by atoms with Crippen LogP contribution in [0.1, 0.15) is 18.1 Å². The monoisotopic (exact) mass is 473 g/mol. The highest BCUT2D eigenvalue weighted by molar-refractivity contribution is 14.0. The third-order valence-electron chi connectivity index (χ3n) is 3.60. The largest absolute Gasteiger partial charge is 0.504 e. The SMILES string of the molecule is CCNC(=NCc1cccc(F)c1)NCCc1ccc(O)c(OC)c1.I. The molecule has 26 heavy (non-hydrogen) atoms. The van der Waals surface area contributed by atoms with Gasteiger partial charge in [0, 0.05) is 13.1 Å². The van der Waals surface area contributed by atoms with Crippen molar-refractivity contribution < 1.29 is 14.2 Å². The molecule has 0 amide bonds. The summed E-state index contributed by atoms with van der Waals surface area (Å²) in [5.41, 5.74) is 1.86. The summed E-state index contributed by atoms with van der Waals surface area (Å²) in [5.74, 6) is 1.01. The van der Waals surface area contributed by atoms with Gasteiger partial charge in [-0.15, -0.1) is 24.0 Å². The molecule has 0 saturated carbocycles. The highest BCUT2D eigenvalue weighted by Crippen LogP contribution is 2.26. The summed E-state index contributed by atoms with van der Waals surface area (Å²) < 4.78 is 18.3. The van der Waals surface area contributed by atoms with Gasteiger partial charge in [0.05, 0.1) is 13.7 Å². The van der Waals surface area contributed by atoms with Crippen molar-refractivity contribution in [1.82, 2.24) is 10.6 Å². The van der Waals surface area contributed by atoms with Crippen molar-refractivity contribution in [3.63, 3.8) is 0 Å². The minimum absolute atomic E-state index is 0. The quantitative estimate of drug-likeness (QED) is 0.328. The average molecular weight is 473 g/mol. The van der Waals surface area contributed by atoms with E-state index in [2.05, 4.69) is 15.6 Å². The molecule has 0 aromatic heterocycles. The van der Waals surface area contributed by atoms with E-state index in [0.717, 1.165) is 24.1 Å². The molecular formula is C19H25FIN3O2. The van der Waals surface area contributed by atoms with Gasteiger partial charge < -0.3 is 20.5 Å². The fraction of sp³-hybridized carbons (Fsp3) is 0.316. The second-order valence-electron chi connectivity index (χ2n) is 5.51. The van der Waals surface area contributed by atoms with Gasteiger partial charge in [0.25, 0.3) is 0 Å². The van der Waals surface area contributed by atoms with E-state index in [4.69, 9.17) is 4.74 Å². The molecule has 5 nitrogen and oxygen atoms in total. The van der Waals surface area contributed by atoms with Crippen molar-refractivity contribution in [2.24, 2.45) is 4.99 Å². The Morgan fingerprint density at radius 3 is 2.65 bits per heavy atom. The molecule has 0 spiro atoms. The van der Waals surface area contributed by atoms with Crippen LogP contribution in [0.25, 0.3) is 0 Å². The van der Waals surface area contributed by atoms with Gasteiger partial charge in [-0.3, -0.25) is 0 Å². The zero-order chi connectivity index (χ0) is 18.1. The van der Waals surface area contributed by atoms with E-state index in [9.17, 15) is 9.50 Å². The number of aliphatic imine (C=N–C) groups is 1. The number of phenols is 1. The number of ether oxygens (including phenoxy) is 1. The predicted octanol–water partition coefficient (Wildman–Crippen LogP) is 3.46. The number of rotatable bonds is 7.